The molecule has 1 aromatic carbocycles. The first-order valence-corrected chi connectivity index (χ1v) is 11.5. The number of benzene rings is 1. The van der Waals surface area contributed by atoms with Gasteiger partial charge in [-0.2, -0.15) is 13.2 Å². The fourth-order valence-electron chi connectivity index (χ4n) is 4.07. The lowest BCUT2D eigenvalue weighted by Crippen LogP contribution is -2.44. The van der Waals surface area contributed by atoms with Crippen LogP contribution in [0.5, 0.6) is 0 Å². The number of ether oxygens (including phenoxy) is 1. The van der Waals surface area contributed by atoms with Crippen LogP contribution in [0.3, 0.4) is 0 Å². The summed E-state index contributed by atoms with van der Waals surface area (Å²) in [6.07, 6.45) is -0.726. The van der Waals surface area contributed by atoms with Gasteiger partial charge in [-0.1, -0.05) is 41.9 Å². The average molecular weight is 484 g/mol. The van der Waals surface area contributed by atoms with Gasteiger partial charge < -0.3 is 14.5 Å². The first-order chi connectivity index (χ1) is 15.8. The van der Waals surface area contributed by atoms with Gasteiger partial charge in [0.25, 0.3) is 0 Å². The van der Waals surface area contributed by atoms with E-state index in [1.165, 1.54) is 5.56 Å². The molecule has 2 aromatic rings. The SMILES string of the molecule is COCCN(CCCc1ccccc1)C(=O)C1CCN(c2ncc(C(F)(F)F)cc2Cl)CC1. The third-order valence-corrected chi connectivity index (χ3v) is 6.18. The lowest BCUT2D eigenvalue weighted by molar-refractivity contribution is -0.138. The molecule has 0 spiro atoms. The summed E-state index contributed by atoms with van der Waals surface area (Å²) in [5.74, 6) is 0.295. The number of hydrogen-bond donors (Lipinski definition) is 0. The van der Waals surface area contributed by atoms with Gasteiger partial charge in [0.05, 0.1) is 17.2 Å². The number of aryl methyl sites for hydroxylation is 1. The molecule has 33 heavy (non-hydrogen) atoms. The number of carbonyl (C=O) groups is 1. The van der Waals surface area contributed by atoms with E-state index in [9.17, 15) is 18.0 Å². The second kappa shape index (κ2) is 11.7. The number of halogens is 4. The smallest absolute Gasteiger partial charge is 0.383 e. The maximum Gasteiger partial charge on any atom is 0.417 e. The number of pyridine rings is 1. The minimum atomic E-state index is -4.49. The van der Waals surface area contributed by atoms with Crippen LogP contribution in [0.25, 0.3) is 0 Å². The Kier molecular flexibility index (Phi) is 8.97. The van der Waals surface area contributed by atoms with Gasteiger partial charge in [0.15, 0.2) is 0 Å². The molecule has 1 fully saturated rings. The molecular weight excluding hydrogens is 455 g/mol. The summed E-state index contributed by atoms with van der Waals surface area (Å²) in [7, 11) is 1.62. The Morgan fingerprint density at radius 3 is 2.52 bits per heavy atom. The molecule has 0 bridgehead atoms. The standard InChI is InChI=1S/C24H29ClF3N3O2/c1-33-15-14-31(11-5-8-18-6-3-2-4-7-18)23(32)19-9-12-30(13-10-19)22-21(25)16-20(17-29-22)24(26,27)28/h2-4,6-7,16-17,19H,5,8-15H2,1H3. The molecule has 0 unspecified atom stereocenters. The molecule has 1 aromatic heterocycles. The van der Waals surface area contributed by atoms with E-state index in [1.54, 1.807) is 7.11 Å². The molecule has 5 nitrogen and oxygen atoms in total. The average Bonchev–Trinajstić information content (AvgIpc) is 2.81. The van der Waals surface area contributed by atoms with E-state index in [-0.39, 0.29) is 16.8 Å². The number of aromatic nitrogens is 1. The zero-order valence-electron chi connectivity index (χ0n) is 18.7. The van der Waals surface area contributed by atoms with E-state index < -0.39 is 11.7 Å². The van der Waals surface area contributed by atoms with Gasteiger partial charge in [-0.25, -0.2) is 4.98 Å². The maximum atomic E-state index is 13.2. The van der Waals surface area contributed by atoms with Crippen molar-refractivity contribution in [2.24, 2.45) is 5.92 Å². The minimum Gasteiger partial charge on any atom is -0.383 e. The summed E-state index contributed by atoms with van der Waals surface area (Å²) in [5.41, 5.74) is 0.372. The fourth-order valence-corrected chi connectivity index (χ4v) is 4.35. The van der Waals surface area contributed by atoms with Gasteiger partial charge in [-0.3, -0.25) is 4.79 Å². The molecular formula is C24H29ClF3N3O2. The Labute approximate surface area is 197 Å². The fraction of sp³-hybridized carbons (Fsp3) is 0.500. The van der Waals surface area contributed by atoms with Crippen LogP contribution in [0.4, 0.5) is 19.0 Å². The molecule has 1 aliphatic heterocycles. The van der Waals surface area contributed by atoms with Gasteiger partial charge in [-0.15, -0.1) is 0 Å². The van der Waals surface area contributed by atoms with Crippen LogP contribution >= 0.6 is 11.6 Å². The van der Waals surface area contributed by atoms with Gasteiger partial charge >= 0.3 is 6.18 Å². The number of methoxy groups -OCH3 is 1. The first kappa shape index (κ1) is 25.3. The highest BCUT2D eigenvalue weighted by Gasteiger charge is 2.33. The Morgan fingerprint density at radius 1 is 1.21 bits per heavy atom. The summed E-state index contributed by atoms with van der Waals surface area (Å²) in [6, 6.07) is 11.1. The predicted octanol–water partition coefficient (Wildman–Crippen LogP) is 5.08. The Balaban J connectivity index is 1.56. The summed E-state index contributed by atoms with van der Waals surface area (Å²) >= 11 is 6.09. The van der Waals surface area contributed by atoms with Crippen molar-refractivity contribution < 1.29 is 22.7 Å². The van der Waals surface area contributed by atoms with Crippen LogP contribution in [-0.2, 0) is 22.1 Å². The number of carbonyl (C=O) groups excluding carboxylic acids is 1. The third-order valence-electron chi connectivity index (χ3n) is 5.91. The van der Waals surface area contributed by atoms with Gasteiger partial charge in [-0.05, 0) is 37.3 Å². The highest BCUT2D eigenvalue weighted by Crippen LogP contribution is 2.34. The van der Waals surface area contributed by atoms with E-state index >= 15 is 0 Å². The molecule has 0 radical (unpaired) electrons. The number of rotatable bonds is 9. The number of piperidine rings is 1. The van der Waals surface area contributed by atoms with Gasteiger partial charge in [0.1, 0.15) is 5.82 Å². The number of alkyl halides is 3. The summed E-state index contributed by atoms with van der Waals surface area (Å²) in [4.78, 5) is 20.9. The molecule has 9 heteroatoms. The predicted molar refractivity (Wildman–Crippen MR) is 122 cm³/mol. The minimum absolute atomic E-state index is 0.0303. The van der Waals surface area contributed by atoms with Crippen molar-refractivity contribution in [3.8, 4) is 0 Å². The second-order valence-electron chi connectivity index (χ2n) is 8.20. The molecule has 0 saturated carbocycles. The van der Waals surface area contributed by atoms with E-state index in [1.807, 2.05) is 28.0 Å². The highest BCUT2D eigenvalue weighted by molar-refractivity contribution is 6.33. The van der Waals surface area contributed by atoms with Crippen molar-refractivity contribution in [1.29, 1.82) is 0 Å². The lowest BCUT2D eigenvalue weighted by Gasteiger charge is -2.35. The van der Waals surface area contributed by atoms with Gasteiger partial charge in [0.2, 0.25) is 5.91 Å². The normalized spacial score (nSPS) is 15.0. The topological polar surface area (TPSA) is 45.7 Å². The summed E-state index contributed by atoms with van der Waals surface area (Å²) < 4.78 is 43.8. The second-order valence-corrected chi connectivity index (χ2v) is 8.60. The molecule has 1 amide bonds. The van der Waals surface area contributed by atoms with Gasteiger partial charge in [0, 0.05) is 45.4 Å². The van der Waals surface area contributed by atoms with Crippen LogP contribution < -0.4 is 4.90 Å². The molecule has 0 atom stereocenters. The highest BCUT2D eigenvalue weighted by atomic mass is 35.5. The lowest BCUT2D eigenvalue weighted by atomic mass is 9.95. The molecule has 2 heterocycles. The first-order valence-electron chi connectivity index (χ1n) is 11.1. The third kappa shape index (κ3) is 7.08. The molecule has 1 saturated heterocycles. The molecule has 1 aliphatic rings. The number of amides is 1. The summed E-state index contributed by atoms with van der Waals surface area (Å²) in [6.45, 7) is 2.69. The number of anilines is 1. The summed E-state index contributed by atoms with van der Waals surface area (Å²) in [5, 5.41) is -0.0303. The van der Waals surface area contributed by atoms with E-state index in [0.29, 0.717) is 51.4 Å². The Hall–Kier alpha value is -2.32. The molecule has 3 rings (SSSR count). The van der Waals surface area contributed by atoms with Crippen molar-refractivity contribution in [3.63, 3.8) is 0 Å². The molecule has 0 aliphatic carbocycles. The maximum absolute atomic E-state index is 13.2. The zero-order valence-corrected chi connectivity index (χ0v) is 19.4. The van der Waals surface area contributed by atoms with Crippen molar-refractivity contribution >= 4 is 23.3 Å². The van der Waals surface area contributed by atoms with Crippen molar-refractivity contribution in [1.82, 2.24) is 9.88 Å². The quantitative estimate of drug-likeness (QED) is 0.499. The van der Waals surface area contributed by atoms with Crippen LogP contribution in [0.15, 0.2) is 42.6 Å². The largest absolute Gasteiger partial charge is 0.417 e. The van der Waals surface area contributed by atoms with Crippen molar-refractivity contribution in [3.05, 3.63) is 58.7 Å². The zero-order chi connectivity index (χ0) is 23.8. The molecule has 180 valence electrons. The Bertz CT molecular complexity index is 904. The van der Waals surface area contributed by atoms with Crippen molar-refractivity contribution in [2.75, 3.05) is 44.8 Å². The van der Waals surface area contributed by atoms with E-state index in [0.717, 1.165) is 25.1 Å². The number of hydrogen-bond acceptors (Lipinski definition) is 4. The van der Waals surface area contributed by atoms with Crippen molar-refractivity contribution in [2.45, 2.75) is 31.9 Å². The monoisotopic (exact) mass is 483 g/mol. The van der Waals surface area contributed by atoms with Crippen LogP contribution in [0, 0.1) is 5.92 Å². The number of nitrogens with zero attached hydrogens (tertiary/aromatic N) is 3. The van der Waals surface area contributed by atoms with Crippen LogP contribution in [0.1, 0.15) is 30.4 Å². The van der Waals surface area contributed by atoms with Crippen LogP contribution in [-0.4, -0.2) is 55.7 Å². The van der Waals surface area contributed by atoms with Crippen LogP contribution in [0.2, 0.25) is 5.02 Å². The Morgan fingerprint density at radius 2 is 1.91 bits per heavy atom. The van der Waals surface area contributed by atoms with E-state index in [4.69, 9.17) is 16.3 Å². The molecule has 0 N–H and O–H groups in total. The van der Waals surface area contributed by atoms with E-state index in [2.05, 4.69) is 17.1 Å².